The monoisotopic (exact) mass is 302 g/mol. The minimum atomic E-state index is 0.0981. The number of nitrogens with zero attached hydrogens (tertiary/aromatic N) is 2. The van der Waals surface area contributed by atoms with Gasteiger partial charge in [0.25, 0.3) is 0 Å². The van der Waals surface area contributed by atoms with Crippen LogP contribution in [0.4, 0.5) is 0 Å². The van der Waals surface area contributed by atoms with Crippen LogP contribution in [0.5, 0.6) is 0 Å². The lowest BCUT2D eigenvalue weighted by molar-refractivity contribution is -0.135. The summed E-state index contributed by atoms with van der Waals surface area (Å²) in [5.41, 5.74) is 2.59. The van der Waals surface area contributed by atoms with Crippen molar-refractivity contribution in [1.29, 1.82) is 0 Å². The van der Waals surface area contributed by atoms with Gasteiger partial charge in [-0.3, -0.25) is 9.69 Å². The van der Waals surface area contributed by atoms with Gasteiger partial charge in [0.1, 0.15) is 6.61 Å². The Morgan fingerprint density at radius 2 is 1.95 bits per heavy atom. The number of hydrogen-bond acceptors (Lipinski definition) is 3. The number of amides is 1. The summed E-state index contributed by atoms with van der Waals surface area (Å²) in [4.78, 5) is 16.2. The Labute approximate surface area is 133 Å². The zero-order valence-corrected chi connectivity index (χ0v) is 13.6. The second kappa shape index (κ2) is 8.71. The first-order valence-electron chi connectivity index (χ1n) is 7.90. The molecule has 22 heavy (non-hydrogen) atoms. The third kappa shape index (κ3) is 5.28. The topological polar surface area (TPSA) is 32.8 Å². The summed E-state index contributed by atoms with van der Waals surface area (Å²) in [5.74, 6) is 0.0981. The van der Waals surface area contributed by atoms with E-state index in [9.17, 15) is 4.79 Å². The fraction of sp³-hybridized carbons (Fsp3) is 0.500. The van der Waals surface area contributed by atoms with E-state index in [0.717, 1.165) is 39.1 Å². The van der Waals surface area contributed by atoms with E-state index in [-0.39, 0.29) is 12.5 Å². The van der Waals surface area contributed by atoms with Crippen LogP contribution in [0.25, 0.3) is 6.08 Å². The second-order valence-corrected chi connectivity index (χ2v) is 5.84. The van der Waals surface area contributed by atoms with Gasteiger partial charge in [-0.05, 0) is 18.9 Å². The first kappa shape index (κ1) is 16.7. The third-order valence-electron chi connectivity index (χ3n) is 3.89. The normalized spacial score (nSPS) is 17.4. The fourth-order valence-corrected chi connectivity index (χ4v) is 2.83. The SMILES string of the molecule is COCC(=O)N1CCCN(CC(C)=Cc2ccccc2)CC1. The largest absolute Gasteiger partial charge is 0.375 e. The Morgan fingerprint density at radius 3 is 2.68 bits per heavy atom. The smallest absolute Gasteiger partial charge is 0.248 e. The fourth-order valence-electron chi connectivity index (χ4n) is 2.83. The average Bonchev–Trinajstić information content (AvgIpc) is 2.74. The van der Waals surface area contributed by atoms with Gasteiger partial charge in [-0.2, -0.15) is 0 Å². The van der Waals surface area contributed by atoms with Gasteiger partial charge in [-0.15, -0.1) is 0 Å². The van der Waals surface area contributed by atoms with Crippen LogP contribution >= 0.6 is 0 Å². The molecule has 1 aliphatic heterocycles. The molecule has 0 aliphatic carbocycles. The number of ether oxygens (including phenoxy) is 1. The van der Waals surface area contributed by atoms with Crippen molar-refractivity contribution in [2.45, 2.75) is 13.3 Å². The minimum Gasteiger partial charge on any atom is -0.375 e. The Bertz CT molecular complexity index is 499. The zero-order valence-electron chi connectivity index (χ0n) is 13.6. The van der Waals surface area contributed by atoms with Gasteiger partial charge in [0.05, 0.1) is 0 Å². The molecule has 1 aliphatic rings. The molecule has 0 N–H and O–H groups in total. The highest BCUT2D eigenvalue weighted by Crippen LogP contribution is 2.10. The van der Waals surface area contributed by atoms with Crippen LogP contribution in [0.3, 0.4) is 0 Å². The molecule has 0 bridgehead atoms. The van der Waals surface area contributed by atoms with Gasteiger partial charge in [0.15, 0.2) is 0 Å². The van der Waals surface area contributed by atoms with Crippen molar-refractivity contribution >= 4 is 12.0 Å². The van der Waals surface area contributed by atoms with Crippen LogP contribution in [0.1, 0.15) is 18.9 Å². The number of carbonyl (C=O) groups is 1. The molecular weight excluding hydrogens is 276 g/mol. The lowest BCUT2D eigenvalue weighted by Gasteiger charge is -2.22. The molecule has 1 amide bonds. The standard InChI is InChI=1S/C18H26N2O2/c1-16(13-17-7-4-3-5-8-17)14-19-9-6-10-20(12-11-19)18(21)15-22-2/h3-5,7-8,13H,6,9-12,14-15H2,1-2H3. The van der Waals surface area contributed by atoms with E-state index in [1.54, 1.807) is 7.11 Å². The molecule has 1 aromatic carbocycles. The van der Waals surface area contributed by atoms with Crippen LogP contribution in [0, 0.1) is 0 Å². The summed E-state index contributed by atoms with van der Waals surface area (Å²) in [5, 5.41) is 0. The molecule has 4 nitrogen and oxygen atoms in total. The molecule has 0 aromatic heterocycles. The Kier molecular flexibility index (Phi) is 6.62. The molecule has 0 atom stereocenters. The van der Waals surface area contributed by atoms with Crippen LogP contribution in [-0.2, 0) is 9.53 Å². The van der Waals surface area contributed by atoms with E-state index in [1.807, 2.05) is 11.0 Å². The maximum atomic E-state index is 11.9. The highest BCUT2D eigenvalue weighted by atomic mass is 16.5. The van der Waals surface area contributed by atoms with E-state index in [2.05, 4.69) is 42.2 Å². The van der Waals surface area contributed by atoms with Crippen LogP contribution in [-0.4, -0.2) is 62.1 Å². The van der Waals surface area contributed by atoms with Crippen molar-refractivity contribution in [2.75, 3.05) is 46.4 Å². The summed E-state index contributed by atoms with van der Waals surface area (Å²) in [7, 11) is 1.57. The van der Waals surface area contributed by atoms with Crippen molar-refractivity contribution in [1.82, 2.24) is 9.80 Å². The number of hydrogen-bond donors (Lipinski definition) is 0. The van der Waals surface area contributed by atoms with E-state index in [0.29, 0.717) is 0 Å². The number of methoxy groups -OCH3 is 1. The maximum absolute atomic E-state index is 11.9. The van der Waals surface area contributed by atoms with Crippen LogP contribution in [0.2, 0.25) is 0 Å². The first-order valence-corrected chi connectivity index (χ1v) is 7.90. The van der Waals surface area contributed by atoms with Gasteiger partial charge >= 0.3 is 0 Å². The third-order valence-corrected chi connectivity index (χ3v) is 3.89. The number of carbonyl (C=O) groups excluding carboxylic acids is 1. The summed E-state index contributed by atoms with van der Waals surface area (Å²) in [6.07, 6.45) is 3.26. The lowest BCUT2D eigenvalue weighted by atomic mass is 10.1. The Morgan fingerprint density at radius 1 is 1.18 bits per heavy atom. The lowest BCUT2D eigenvalue weighted by Crippen LogP contribution is -2.37. The number of benzene rings is 1. The van der Waals surface area contributed by atoms with Crippen LogP contribution < -0.4 is 0 Å². The van der Waals surface area contributed by atoms with Crippen molar-refractivity contribution < 1.29 is 9.53 Å². The van der Waals surface area contributed by atoms with Crippen molar-refractivity contribution in [2.24, 2.45) is 0 Å². The van der Waals surface area contributed by atoms with E-state index < -0.39 is 0 Å². The van der Waals surface area contributed by atoms with Crippen molar-refractivity contribution in [3.8, 4) is 0 Å². The predicted octanol–water partition coefficient (Wildman–Crippen LogP) is 2.27. The molecule has 0 spiro atoms. The molecule has 0 radical (unpaired) electrons. The highest BCUT2D eigenvalue weighted by Gasteiger charge is 2.18. The molecule has 1 saturated heterocycles. The average molecular weight is 302 g/mol. The molecule has 2 rings (SSSR count). The highest BCUT2D eigenvalue weighted by molar-refractivity contribution is 5.77. The molecule has 0 saturated carbocycles. The molecule has 1 fully saturated rings. The van der Waals surface area contributed by atoms with Gasteiger partial charge in [0.2, 0.25) is 5.91 Å². The first-order chi connectivity index (χ1) is 10.7. The molecule has 1 aromatic rings. The van der Waals surface area contributed by atoms with Gasteiger partial charge < -0.3 is 9.64 Å². The quantitative estimate of drug-likeness (QED) is 0.836. The Balaban J connectivity index is 1.86. The predicted molar refractivity (Wildman–Crippen MR) is 89.6 cm³/mol. The minimum absolute atomic E-state index is 0.0981. The summed E-state index contributed by atoms with van der Waals surface area (Å²) >= 11 is 0. The molecular formula is C18H26N2O2. The summed E-state index contributed by atoms with van der Waals surface area (Å²) in [6, 6.07) is 10.4. The van der Waals surface area contributed by atoms with Gasteiger partial charge in [0, 0.05) is 39.8 Å². The summed E-state index contributed by atoms with van der Waals surface area (Å²) in [6.45, 7) is 6.91. The van der Waals surface area contributed by atoms with Gasteiger partial charge in [-0.1, -0.05) is 42.0 Å². The molecule has 120 valence electrons. The maximum Gasteiger partial charge on any atom is 0.248 e. The molecule has 4 heteroatoms. The van der Waals surface area contributed by atoms with Crippen molar-refractivity contribution in [3.05, 3.63) is 41.5 Å². The summed E-state index contributed by atoms with van der Waals surface area (Å²) < 4.78 is 4.94. The Hall–Kier alpha value is -1.65. The number of rotatable bonds is 5. The molecule has 1 heterocycles. The van der Waals surface area contributed by atoms with E-state index >= 15 is 0 Å². The zero-order chi connectivity index (χ0) is 15.8. The van der Waals surface area contributed by atoms with E-state index in [1.165, 1.54) is 11.1 Å². The van der Waals surface area contributed by atoms with Crippen molar-refractivity contribution in [3.63, 3.8) is 0 Å². The van der Waals surface area contributed by atoms with E-state index in [4.69, 9.17) is 4.74 Å². The second-order valence-electron chi connectivity index (χ2n) is 5.84. The molecule has 0 unspecified atom stereocenters. The van der Waals surface area contributed by atoms with Gasteiger partial charge in [-0.25, -0.2) is 0 Å². The van der Waals surface area contributed by atoms with Crippen LogP contribution in [0.15, 0.2) is 35.9 Å².